The predicted octanol–water partition coefficient (Wildman–Crippen LogP) is 5.26. The number of fused-ring (bicyclic) bond motifs is 1. The third kappa shape index (κ3) is 4.07. The number of aromatic nitrogens is 1. The summed E-state index contributed by atoms with van der Waals surface area (Å²) in [5, 5.41) is 4.63. The van der Waals surface area contributed by atoms with Gasteiger partial charge in [-0.3, -0.25) is 0 Å². The molecule has 0 bridgehead atoms. The summed E-state index contributed by atoms with van der Waals surface area (Å²) in [6.07, 6.45) is 2.14. The van der Waals surface area contributed by atoms with Crippen molar-refractivity contribution in [3.8, 4) is 0 Å². The van der Waals surface area contributed by atoms with Gasteiger partial charge in [-0.05, 0) is 47.0 Å². The zero-order valence-electron chi connectivity index (χ0n) is 14.8. The zero-order chi connectivity index (χ0) is 18.6. The first-order valence-corrected chi connectivity index (χ1v) is 8.95. The summed E-state index contributed by atoms with van der Waals surface area (Å²) < 4.78 is 28.3. The van der Waals surface area contributed by atoms with E-state index in [1.807, 2.05) is 24.3 Å². The average molecular weight is 362 g/mol. The highest BCUT2D eigenvalue weighted by atomic mass is 19.1. The highest BCUT2D eigenvalue weighted by Gasteiger charge is 2.08. The van der Waals surface area contributed by atoms with Gasteiger partial charge in [0.15, 0.2) is 0 Å². The van der Waals surface area contributed by atoms with E-state index in [1.165, 1.54) is 35.2 Å². The average Bonchev–Trinajstić information content (AvgIpc) is 3.03. The van der Waals surface area contributed by atoms with Gasteiger partial charge in [0.2, 0.25) is 0 Å². The van der Waals surface area contributed by atoms with Crippen LogP contribution in [-0.2, 0) is 19.6 Å². The molecule has 0 fully saturated rings. The first-order chi connectivity index (χ1) is 13.2. The Morgan fingerprint density at radius 1 is 0.704 bits per heavy atom. The van der Waals surface area contributed by atoms with Crippen LogP contribution in [0.2, 0.25) is 0 Å². The Balaban J connectivity index is 1.52. The molecule has 1 N–H and O–H groups in total. The molecule has 0 aliphatic carbocycles. The highest BCUT2D eigenvalue weighted by Crippen LogP contribution is 2.22. The number of rotatable bonds is 6. The van der Waals surface area contributed by atoms with Crippen LogP contribution in [0.1, 0.15) is 16.7 Å². The molecule has 0 saturated heterocycles. The van der Waals surface area contributed by atoms with Gasteiger partial charge in [0.1, 0.15) is 11.6 Å². The number of para-hydroxylation sites is 1. The fourth-order valence-corrected chi connectivity index (χ4v) is 3.32. The summed E-state index contributed by atoms with van der Waals surface area (Å²) >= 11 is 0. The molecule has 3 aromatic carbocycles. The van der Waals surface area contributed by atoms with Crippen LogP contribution in [0.4, 0.5) is 8.78 Å². The minimum absolute atomic E-state index is 0.220. The van der Waals surface area contributed by atoms with Crippen molar-refractivity contribution in [3.05, 3.63) is 107 Å². The molecule has 4 aromatic rings. The van der Waals surface area contributed by atoms with Gasteiger partial charge in [0.25, 0.3) is 0 Å². The van der Waals surface area contributed by atoms with Crippen LogP contribution in [0, 0.1) is 11.6 Å². The Morgan fingerprint density at radius 2 is 1.33 bits per heavy atom. The summed E-state index contributed by atoms with van der Waals surface area (Å²) in [6.45, 7) is 2.09. The molecule has 4 heteroatoms. The van der Waals surface area contributed by atoms with Gasteiger partial charge in [-0.25, -0.2) is 8.78 Å². The third-order valence-corrected chi connectivity index (χ3v) is 4.70. The quantitative estimate of drug-likeness (QED) is 0.495. The minimum Gasteiger partial charge on any atom is -0.343 e. The molecule has 2 nitrogen and oxygen atoms in total. The van der Waals surface area contributed by atoms with Gasteiger partial charge in [-0.1, -0.05) is 42.5 Å². The van der Waals surface area contributed by atoms with Crippen LogP contribution in [-0.4, -0.2) is 4.57 Å². The van der Waals surface area contributed by atoms with E-state index in [0.29, 0.717) is 19.6 Å². The molecule has 0 atom stereocenters. The second-order valence-corrected chi connectivity index (χ2v) is 6.66. The standard InChI is InChI=1S/C23H20F2N2/c24-20-9-5-17(6-10-20)13-26-14-19-16-27(23-4-2-1-3-22(19)23)15-18-7-11-21(25)12-8-18/h1-12,16,26H,13-15H2. The summed E-state index contributed by atoms with van der Waals surface area (Å²) in [5.74, 6) is -0.440. The van der Waals surface area contributed by atoms with E-state index in [0.717, 1.165) is 16.6 Å². The topological polar surface area (TPSA) is 17.0 Å². The van der Waals surface area contributed by atoms with Crippen LogP contribution >= 0.6 is 0 Å². The van der Waals surface area contributed by atoms with Crippen molar-refractivity contribution in [1.29, 1.82) is 0 Å². The second kappa shape index (κ2) is 7.72. The lowest BCUT2D eigenvalue weighted by atomic mass is 10.1. The Kier molecular flexibility index (Phi) is 4.99. The van der Waals surface area contributed by atoms with Crippen LogP contribution in [0.3, 0.4) is 0 Å². The Morgan fingerprint density at radius 3 is 2.04 bits per heavy atom. The second-order valence-electron chi connectivity index (χ2n) is 6.66. The van der Waals surface area contributed by atoms with E-state index in [2.05, 4.69) is 28.2 Å². The predicted molar refractivity (Wildman–Crippen MR) is 104 cm³/mol. The van der Waals surface area contributed by atoms with Crippen LogP contribution in [0.25, 0.3) is 10.9 Å². The van der Waals surface area contributed by atoms with Gasteiger partial charge in [-0.2, -0.15) is 0 Å². The van der Waals surface area contributed by atoms with Crippen LogP contribution in [0.5, 0.6) is 0 Å². The molecule has 0 saturated carbocycles. The lowest BCUT2D eigenvalue weighted by molar-refractivity contribution is 0.625. The smallest absolute Gasteiger partial charge is 0.123 e. The molecular formula is C23H20F2N2. The number of hydrogen-bond acceptors (Lipinski definition) is 1. The molecule has 0 spiro atoms. The number of hydrogen-bond donors (Lipinski definition) is 1. The number of nitrogens with one attached hydrogen (secondary N) is 1. The Hall–Kier alpha value is -2.98. The van der Waals surface area contributed by atoms with Crippen molar-refractivity contribution in [2.45, 2.75) is 19.6 Å². The molecule has 136 valence electrons. The van der Waals surface area contributed by atoms with Crippen molar-refractivity contribution in [2.75, 3.05) is 0 Å². The monoisotopic (exact) mass is 362 g/mol. The molecule has 1 heterocycles. The zero-order valence-corrected chi connectivity index (χ0v) is 14.8. The maximum absolute atomic E-state index is 13.1. The lowest BCUT2D eigenvalue weighted by Crippen LogP contribution is -2.12. The van der Waals surface area contributed by atoms with Crippen molar-refractivity contribution >= 4 is 10.9 Å². The minimum atomic E-state index is -0.221. The van der Waals surface area contributed by atoms with Crippen molar-refractivity contribution < 1.29 is 8.78 Å². The van der Waals surface area contributed by atoms with Crippen molar-refractivity contribution in [3.63, 3.8) is 0 Å². The van der Waals surface area contributed by atoms with Gasteiger partial charge in [0.05, 0.1) is 0 Å². The number of nitrogens with zero attached hydrogens (tertiary/aromatic N) is 1. The third-order valence-electron chi connectivity index (χ3n) is 4.70. The molecule has 1 aromatic heterocycles. The van der Waals surface area contributed by atoms with E-state index < -0.39 is 0 Å². The lowest BCUT2D eigenvalue weighted by Gasteiger charge is -2.05. The molecule has 0 unspecified atom stereocenters. The van der Waals surface area contributed by atoms with Crippen molar-refractivity contribution in [2.24, 2.45) is 0 Å². The SMILES string of the molecule is Fc1ccc(CNCc2cn(Cc3ccc(F)cc3)c3ccccc23)cc1. The molecule has 0 aliphatic heterocycles. The van der Waals surface area contributed by atoms with Crippen LogP contribution < -0.4 is 5.32 Å². The van der Waals surface area contributed by atoms with E-state index in [-0.39, 0.29) is 11.6 Å². The number of benzene rings is 3. The molecule has 4 rings (SSSR count). The highest BCUT2D eigenvalue weighted by molar-refractivity contribution is 5.84. The maximum atomic E-state index is 13.1. The normalized spacial score (nSPS) is 11.2. The summed E-state index contributed by atoms with van der Waals surface area (Å²) in [6, 6.07) is 21.4. The van der Waals surface area contributed by atoms with Crippen LogP contribution in [0.15, 0.2) is 79.0 Å². The van der Waals surface area contributed by atoms with Gasteiger partial charge < -0.3 is 9.88 Å². The molecule has 0 radical (unpaired) electrons. The van der Waals surface area contributed by atoms with E-state index in [1.54, 1.807) is 12.1 Å². The molecular weight excluding hydrogens is 342 g/mol. The Labute approximate surface area is 157 Å². The largest absolute Gasteiger partial charge is 0.343 e. The summed E-state index contributed by atoms with van der Waals surface area (Å²) in [4.78, 5) is 0. The van der Waals surface area contributed by atoms with E-state index in [9.17, 15) is 8.78 Å². The van der Waals surface area contributed by atoms with Gasteiger partial charge in [0, 0.05) is 36.7 Å². The van der Waals surface area contributed by atoms with Crippen molar-refractivity contribution in [1.82, 2.24) is 9.88 Å². The van der Waals surface area contributed by atoms with E-state index >= 15 is 0 Å². The maximum Gasteiger partial charge on any atom is 0.123 e. The number of halogens is 2. The fourth-order valence-electron chi connectivity index (χ4n) is 3.32. The first kappa shape index (κ1) is 17.4. The first-order valence-electron chi connectivity index (χ1n) is 8.95. The molecule has 0 amide bonds. The summed E-state index contributed by atoms with van der Waals surface area (Å²) in [7, 11) is 0. The van der Waals surface area contributed by atoms with Gasteiger partial charge in [-0.15, -0.1) is 0 Å². The molecule has 27 heavy (non-hydrogen) atoms. The van der Waals surface area contributed by atoms with Gasteiger partial charge >= 0.3 is 0 Å². The fraction of sp³-hybridized carbons (Fsp3) is 0.130. The van der Waals surface area contributed by atoms with E-state index in [4.69, 9.17) is 0 Å². The Bertz CT molecular complexity index is 1030. The summed E-state index contributed by atoms with van der Waals surface area (Å²) in [5.41, 5.74) is 4.46. The molecule has 0 aliphatic rings.